The van der Waals surface area contributed by atoms with Crippen LogP contribution in [0.4, 0.5) is 0 Å². The average molecular weight is 467 g/mol. The van der Waals surface area contributed by atoms with Crippen molar-refractivity contribution < 1.29 is 39.9 Å². The van der Waals surface area contributed by atoms with Gasteiger partial charge in [-0.3, -0.25) is 19.3 Å². The number of aliphatic hydroxyl groups excluding tert-OH is 3. The number of nitrogens with two attached hydrogens (primary N) is 1. The van der Waals surface area contributed by atoms with Gasteiger partial charge < -0.3 is 31.3 Å². The van der Waals surface area contributed by atoms with Gasteiger partial charge in [0.05, 0.1) is 17.7 Å². The molecule has 0 saturated heterocycles. The number of carbonyl (C=O) groups excluding carboxylic acids is 3. The second-order valence-electron chi connectivity index (χ2n) is 8.35. The van der Waals surface area contributed by atoms with E-state index in [1.165, 1.54) is 37.2 Å². The zero-order valence-electron chi connectivity index (χ0n) is 17.1. The number of halogens is 1. The number of aromatic hydroxyl groups is 1. The van der Waals surface area contributed by atoms with Gasteiger partial charge in [-0.15, -0.1) is 12.4 Å². The van der Waals surface area contributed by atoms with Crippen molar-refractivity contribution in [3.05, 3.63) is 46.2 Å². The number of nitrogens with zero attached hydrogens (tertiary/aromatic N) is 1. The fourth-order valence-corrected chi connectivity index (χ4v) is 5.20. The summed E-state index contributed by atoms with van der Waals surface area (Å²) in [6.07, 6.45) is -1.51. The Kier molecular flexibility index (Phi) is 5.63. The molecule has 5 atom stereocenters. The van der Waals surface area contributed by atoms with Gasteiger partial charge in [-0.1, -0.05) is 12.1 Å². The Morgan fingerprint density at radius 1 is 1.19 bits per heavy atom. The number of carbonyl (C=O) groups is 3. The van der Waals surface area contributed by atoms with Gasteiger partial charge in [0.2, 0.25) is 5.78 Å². The summed E-state index contributed by atoms with van der Waals surface area (Å²) in [5, 5.41) is 54.1. The molecule has 4 rings (SSSR count). The third kappa shape index (κ3) is 2.80. The molecule has 11 heteroatoms. The normalized spacial score (nSPS) is 31.7. The molecule has 32 heavy (non-hydrogen) atoms. The molecule has 0 bridgehead atoms. The van der Waals surface area contributed by atoms with E-state index >= 15 is 0 Å². The number of ketones is 2. The first-order chi connectivity index (χ1) is 14.4. The summed E-state index contributed by atoms with van der Waals surface area (Å²) in [6, 6.07) is 3.01. The van der Waals surface area contributed by atoms with E-state index < -0.39 is 69.7 Å². The molecule has 0 aromatic heterocycles. The van der Waals surface area contributed by atoms with Crippen molar-refractivity contribution in [2.75, 3.05) is 14.1 Å². The van der Waals surface area contributed by atoms with Crippen LogP contribution in [0, 0.1) is 11.8 Å². The summed E-state index contributed by atoms with van der Waals surface area (Å²) in [6.45, 7) is 0. The lowest BCUT2D eigenvalue weighted by Gasteiger charge is -2.51. The van der Waals surface area contributed by atoms with Gasteiger partial charge in [0.25, 0.3) is 5.91 Å². The van der Waals surface area contributed by atoms with Crippen LogP contribution in [-0.2, 0) is 14.4 Å². The fraction of sp³-hybridized carbons (Fsp3) is 0.381. The topological polar surface area (TPSA) is 182 Å². The lowest BCUT2D eigenvalue weighted by Crippen LogP contribution is -2.66. The highest BCUT2D eigenvalue weighted by Crippen LogP contribution is 2.55. The van der Waals surface area contributed by atoms with Crippen LogP contribution >= 0.6 is 12.4 Å². The summed E-state index contributed by atoms with van der Waals surface area (Å²) in [7, 11) is 3.00. The summed E-state index contributed by atoms with van der Waals surface area (Å²) in [5.41, 5.74) is 1.26. The maximum absolute atomic E-state index is 13.5. The van der Waals surface area contributed by atoms with Gasteiger partial charge in [-0.25, -0.2) is 0 Å². The molecule has 1 amide bonds. The van der Waals surface area contributed by atoms with E-state index in [-0.39, 0.29) is 35.7 Å². The molecule has 0 spiro atoms. The maximum Gasteiger partial charge on any atom is 0.255 e. The lowest BCUT2D eigenvalue weighted by molar-refractivity contribution is -0.155. The van der Waals surface area contributed by atoms with E-state index in [0.29, 0.717) is 0 Å². The molecule has 0 unspecified atom stereocenters. The molecule has 0 aliphatic heterocycles. The van der Waals surface area contributed by atoms with Crippen molar-refractivity contribution in [1.29, 1.82) is 0 Å². The van der Waals surface area contributed by atoms with Crippen LogP contribution in [0.3, 0.4) is 0 Å². The predicted molar refractivity (Wildman–Crippen MR) is 113 cm³/mol. The maximum atomic E-state index is 13.5. The highest BCUT2D eigenvalue weighted by atomic mass is 35.5. The van der Waals surface area contributed by atoms with E-state index in [9.17, 15) is 39.9 Å². The Morgan fingerprint density at radius 2 is 1.81 bits per heavy atom. The number of aliphatic hydroxyl groups is 4. The SMILES string of the molecule is CN(C)[C@@H]1C(=O)C(C(N)=O)=C(O)[C@@]2(O)C(=O)C3=C(O)c4c(O)cccc4[C@@H](O)[C@H]3C[C@@H]12.Cl. The molecule has 1 aromatic carbocycles. The number of hydrogen-bond acceptors (Lipinski definition) is 9. The largest absolute Gasteiger partial charge is 0.508 e. The summed E-state index contributed by atoms with van der Waals surface area (Å²) in [5.74, 6) is -7.79. The zero-order chi connectivity index (χ0) is 23.0. The second-order valence-corrected chi connectivity index (χ2v) is 8.35. The van der Waals surface area contributed by atoms with Crippen LogP contribution in [-0.4, -0.2) is 73.6 Å². The summed E-state index contributed by atoms with van der Waals surface area (Å²) >= 11 is 0. The molecule has 7 N–H and O–H groups in total. The van der Waals surface area contributed by atoms with E-state index in [1.54, 1.807) is 0 Å². The minimum absolute atomic E-state index is 0. The van der Waals surface area contributed by atoms with Crippen molar-refractivity contribution in [2.45, 2.75) is 24.2 Å². The number of primary amides is 1. The predicted octanol–water partition coefficient (Wildman–Crippen LogP) is -0.123. The van der Waals surface area contributed by atoms with Crippen LogP contribution in [0.25, 0.3) is 5.76 Å². The number of likely N-dealkylation sites (N-methyl/N-ethyl adjacent to an activating group) is 1. The average Bonchev–Trinajstić information content (AvgIpc) is 2.68. The van der Waals surface area contributed by atoms with Gasteiger partial charge in [-0.2, -0.15) is 0 Å². The Labute approximate surface area is 188 Å². The van der Waals surface area contributed by atoms with E-state index in [0.717, 1.165) is 0 Å². The Balaban J connectivity index is 0.00000289. The smallest absolute Gasteiger partial charge is 0.255 e. The van der Waals surface area contributed by atoms with E-state index in [1.807, 2.05) is 0 Å². The molecule has 3 aliphatic rings. The minimum atomic E-state index is -2.73. The van der Waals surface area contributed by atoms with Gasteiger partial charge in [0.1, 0.15) is 22.8 Å². The highest BCUT2D eigenvalue weighted by molar-refractivity contribution is 6.24. The van der Waals surface area contributed by atoms with E-state index in [2.05, 4.69) is 0 Å². The second kappa shape index (κ2) is 7.59. The van der Waals surface area contributed by atoms with Crippen molar-refractivity contribution >= 4 is 35.6 Å². The van der Waals surface area contributed by atoms with Gasteiger partial charge in [0, 0.05) is 17.4 Å². The lowest BCUT2D eigenvalue weighted by atomic mass is 9.57. The molecular formula is C21H23ClN2O8. The molecule has 10 nitrogen and oxygen atoms in total. The Hall–Kier alpha value is -2.92. The fourth-order valence-electron chi connectivity index (χ4n) is 5.20. The number of phenolic OH excluding ortho intramolecular Hbond substituents is 1. The molecule has 1 saturated carbocycles. The van der Waals surface area contributed by atoms with Gasteiger partial charge >= 0.3 is 0 Å². The summed E-state index contributed by atoms with van der Waals surface area (Å²) < 4.78 is 0. The number of fused-ring (bicyclic) bond motifs is 3. The molecule has 0 heterocycles. The molecular weight excluding hydrogens is 444 g/mol. The van der Waals surface area contributed by atoms with Crippen LogP contribution in [0.15, 0.2) is 35.1 Å². The van der Waals surface area contributed by atoms with Crippen molar-refractivity contribution in [1.82, 2.24) is 4.90 Å². The standard InChI is InChI=1S/C21H22N2O8.ClH/c1-23(2)14-9-6-8-12(16(26)11-7(15(8)25)4-3-5-10(11)24)18(28)21(9,31)19(29)13(17(14)27)20(22)30;/h3-5,8-9,14-15,24-26,29,31H,6H2,1-2H3,(H2,22,30);1H/t8-,9-,14-,15+,21-;/m0./s1. The number of hydrogen-bond donors (Lipinski definition) is 6. The first-order valence-electron chi connectivity index (χ1n) is 9.59. The first-order valence-corrected chi connectivity index (χ1v) is 9.59. The molecule has 3 aliphatic carbocycles. The van der Waals surface area contributed by atoms with Crippen LogP contribution in [0.2, 0.25) is 0 Å². The Bertz CT molecular complexity index is 1110. The minimum Gasteiger partial charge on any atom is -0.508 e. The van der Waals surface area contributed by atoms with Gasteiger partial charge in [-0.05, 0) is 32.1 Å². The van der Waals surface area contributed by atoms with Crippen LogP contribution in [0.1, 0.15) is 23.7 Å². The number of rotatable bonds is 2. The quantitative estimate of drug-likeness (QED) is 0.323. The van der Waals surface area contributed by atoms with Gasteiger partial charge in [0.15, 0.2) is 11.4 Å². The Morgan fingerprint density at radius 3 is 2.38 bits per heavy atom. The number of phenols is 1. The first kappa shape index (κ1) is 23.7. The molecule has 1 aromatic rings. The molecule has 1 fully saturated rings. The molecule has 172 valence electrons. The van der Waals surface area contributed by atoms with Crippen molar-refractivity contribution in [3.8, 4) is 5.75 Å². The number of benzene rings is 1. The van der Waals surface area contributed by atoms with Crippen LogP contribution < -0.4 is 5.73 Å². The van der Waals surface area contributed by atoms with Crippen molar-refractivity contribution in [2.24, 2.45) is 17.6 Å². The number of Topliss-reactive ketones (excluding diaryl/α,β-unsaturated/α-hetero) is 2. The zero-order valence-corrected chi connectivity index (χ0v) is 18.0. The third-order valence-electron chi connectivity index (χ3n) is 6.57. The highest BCUT2D eigenvalue weighted by Gasteiger charge is 2.65. The molecule has 0 radical (unpaired) electrons. The monoisotopic (exact) mass is 466 g/mol. The van der Waals surface area contributed by atoms with Crippen LogP contribution in [0.5, 0.6) is 5.75 Å². The third-order valence-corrected chi connectivity index (χ3v) is 6.57. The number of amides is 1. The summed E-state index contributed by atoms with van der Waals surface area (Å²) in [4.78, 5) is 39.7. The van der Waals surface area contributed by atoms with E-state index in [4.69, 9.17) is 5.73 Å². The van der Waals surface area contributed by atoms with Crippen molar-refractivity contribution in [3.63, 3.8) is 0 Å².